The topological polar surface area (TPSA) is 133 Å². The number of hydrogen-bond acceptors (Lipinski definition) is 6. The number of aliphatic hydroxyl groups is 2. The standard InChI is InChI=1S/C11H19N3O6S/c1-8-11(9(2)14(12-8)7-10(17)18)21(19,20)13(3-5-15)4-6-16/h15-16H,3-7H2,1-2H3,(H,17,18). The SMILES string of the molecule is Cc1nn(CC(=O)O)c(C)c1S(=O)(=O)N(CCO)CCO. The van der Waals surface area contributed by atoms with Gasteiger partial charge in [-0.1, -0.05) is 0 Å². The van der Waals surface area contributed by atoms with Crippen LogP contribution in [0.3, 0.4) is 0 Å². The number of aryl methyl sites for hydroxylation is 1. The van der Waals surface area contributed by atoms with Crippen molar-refractivity contribution in [2.24, 2.45) is 0 Å². The van der Waals surface area contributed by atoms with Crippen molar-refractivity contribution in [1.29, 1.82) is 0 Å². The highest BCUT2D eigenvalue weighted by Gasteiger charge is 2.30. The van der Waals surface area contributed by atoms with Crippen LogP contribution < -0.4 is 0 Å². The first-order valence-corrected chi connectivity index (χ1v) is 7.67. The van der Waals surface area contributed by atoms with Crippen LogP contribution in [0.4, 0.5) is 0 Å². The minimum Gasteiger partial charge on any atom is -0.480 e. The third-order valence-electron chi connectivity index (χ3n) is 2.90. The van der Waals surface area contributed by atoms with Gasteiger partial charge in [0, 0.05) is 13.1 Å². The van der Waals surface area contributed by atoms with Gasteiger partial charge in [-0.3, -0.25) is 9.48 Å². The largest absolute Gasteiger partial charge is 0.480 e. The van der Waals surface area contributed by atoms with Gasteiger partial charge in [0.1, 0.15) is 11.4 Å². The number of rotatable bonds is 8. The monoisotopic (exact) mass is 321 g/mol. The van der Waals surface area contributed by atoms with E-state index in [-0.39, 0.29) is 42.6 Å². The normalized spacial score (nSPS) is 12.0. The molecule has 0 atom stereocenters. The number of aliphatic carboxylic acids is 1. The van der Waals surface area contributed by atoms with E-state index < -0.39 is 22.5 Å². The van der Waals surface area contributed by atoms with Gasteiger partial charge in [0.15, 0.2) is 0 Å². The van der Waals surface area contributed by atoms with E-state index in [2.05, 4.69) is 5.10 Å². The summed E-state index contributed by atoms with van der Waals surface area (Å²) in [5.74, 6) is -1.13. The van der Waals surface area contributed by atoms with Crippen molar-refractivity contribution in [3.63, 3.8) is 0 Å². The first-order chi connectivity index (χ1) is 9.75. The van der Waals surface area contributed by atoms with Crippen LogP contribution in [0.1, 0.15) is 11.4 Å². The van der Waals surface area contributed by atoms with E-state index in [4.69, 9.17) is 15.3 Å². The molecule has 0 unspecified atom stereocenters. The zero-order valence-electron chi connectivity index (χ0n) is 11.9. The van der Waals surface area contributed by atoms with Crippen molar-refractivity contribution < 1.29 is 28.5 Å². The molecule has 0 aliphatic rings. The number of hydrogen-bond donors (Lipinski definition) is 3. The van der Waals surface area contributed by atoms with Crippen LogP contribution in [-0.2, 0) is 21.4 Å². The Morgan fingerprint density at radius 3 is 2.19 bits per heavy atom. The second-order valence-corrected chi connectivity index (χ2v) is 6.28. The zero-order valence-corrected chi connectivity index (χ0v) is 12.7. The Morgan fingerprint density at radius 2 is 1.76 bits per heavy atom. The Morgan fingerprint density at radius 1 is 1.24 bits per heavy atom. The number of aromatic nitrogens is 2. The van der Waals surface area contributed by atoms with E-state index in [9.17, 15) is 13.2 Å². The summed E-state index contributed by atoms with van der Waals surface area (Å²) in [5.41, 5.74) is 0.380. The summed E-state index contributed by atoms with van der Waals surface area (Å²) in [5, 5.41) is 30.6. The van der Waals surface area contributed by atoms with Crippen LogP contribution in [0.2, 0.25) is 0 Å². The fraction of sp³-hybridized carbons (Fsp3) is 0.636. The minimum atomic E-state index is -3.96. The van der Waals surface area contributed by atoms with Crippen LogP contribution in [0, 0.1) is 13.8 Å². The molecule has 1 rings (SSSR count). The number of carboxylic acids is 1. The quantitative estimate of drug-likeness (QED) is 0.534. The van der Waals surface area contributed by atoms with Crippen LogP contribution in [0.5, 0.6) is 0 Å². The van der Waals surface area contributed by atoms with E-state index in [1.807, 2.05) is 0 Å². The molecule has 0 amide bonds. The second-order valence-electron chi connectivity index (χ2n) is 4.40. The molecule has 1 aromatic rings. The molecule has 0 spiro atoms. The highest BCUT2D eigenvalue weighted by Crippen LogP contribution is 2.23. The molecule has 3 N–H and O–H groups in total. The lowest BCUT2D eigenvalue weighted by Gasteiger charge is -2.20. The molecule has 0 saturated heterocycles. The Bertz CT molecular complexity index is 604. The summed E-state index contributed by atoms with van der Waals surface area (Å²) in [7, 11) is -3.96. The number of carbonyl (C=O) groups is 1. The van der Waals surface area contributed by atoms with Gasteiger partial charge < -0.3 is 15.3 Å². The zero-order chi connectivity index (χ0) is 16.2. The molecule has 21 heavy (non-hydrogen) atoms. The van der Waals surface area contributed by atoms with Gasteiger partial charge in [-0.2, -0.15) is 9.40 Å². The third kappa shape index (κ3) is 3.79. The molecule has 10 heteroatoms. The second kappa shape index (κ2) is 6.98. The maximum absolute atomic E-state index is 12.6. The maximum Gasteiger partial charge on any atom is 0.325 e. The Hall–Kier alpha value is -1.49. The average molecular weight is 321 g/mol. The predicted molar refractivity (Wildman–Crippen MR) is 72.3 cm³/mol. The Kier molecular flexibility index (Phi) is 5.84. The van der Waals surface area contributed by atoms with E-state index in [1.54, 1.807) is 0 Å². The van der Waals surface area contributed by atoms with Gasteiger partial charge in [0.25, 0.3) is 0 Å². The molecule has 0 fully saturated rings. The lowest BCUT2D eigenvalue weighted by atomic mass is 10.4. The van der Waals surface area contributed by atoms with E-state index in [0.29, 0.717) is 0 Å². The first kappa shape index (κ1) is 17.6. The van der Waals surface area contributed by atoms with E-state index in [1.165, 1.54) is 13.8 Å². The van der Waals surface area contributed by atoms with Crippen LogP contribution >= 0.6 is 0 Å². The van der Waals surface area contributed by atoms with Gasteiger partial charge in [-0.25, -0.2) is 8.42 Å². The first-order valence-electron chi connectivity index (χ1n) is 6.23. The van der Waals surface area contributed by atoms with Gasteiger partial charge in [0.2, 0.25) is 10.0 Å². The molecule has 9 nitrogen and oxygen atoms in total. The van der Waals surface area contributed by atoms with Crippen LogP contribution in [-0.4, -0.2) is 70.1 Å². The highest BCUT2D eigenvalue weighted by molar-refractivity contribution is 7.89. The Labute approximate surface area is 122 Å². The fourth-order valence-electron chi connectivity index (χ4n) is 2.04. The highest BCUT2D eigenvalue weighted by atomic mass is 32.2. The number of aliphatic hydroxyl groups excluding tert-OH is 2. The van der Waals surface area contributed by atoms with Crippen LogP contribution in [0.15, 0.2) is 4.90 Å². The molecule has 120 valence electrons. The molecule has 0 bridgehead atoms. The molecule has 1 heterocycles. The van der Waals surface area contributed by atoms with Crippen molar-refractivity contribution in [1.82, 2.24) is 14.1 Å². The van der Waals surface area contributed by atoms with E-state index in [0.717, 1.165) is 8.99 Å². The third-order valence-corrected chi connectivity index (χ3v) is 5.05. The lowest BCUT2D eigenvalue weighted by molar-refractivity contribution is -0.137. The summed E-state index contributed by atoms with van der Waals surface area (Å²) < 4.78 is 27.1. The molecule has 1 aromatic heterocycles. The molecule has 0 aliphatic heterocycles. The van der Waals surface area contributed by atoms with Gasteiger partial charge in [0.05, 0.1) is 24.6 Å². The summed E-state index contributed by atoms with van der Waals surface area (Å²) in [6.45, 7) is 1.39. The van der Waals surface area contributed by atoms with Gasteiger partial charge in [-0.05, 0) is 13.8 Å². The summed E-state index contributed by atoms with van der Waals surface area (Å²) in [4.78, 5) is 10.7. The molecule has 0 radical (unpaired) electrons. The van der Waals surface area contributed by atoms with Crippen molar-refractivity contribution >= 4 is 16.0 Å². The summed E-state index contributed by atoms with van der Waals surface area (Å²) in [6.07, 6.45) is 0. The van der Waals surface area contributed by atoms with Crippen LogP contribution in [0.25, 0.3) is 0 Å². The minimum absolute atomic E-state index is 0.0920. The van der Waals surface area contributed by atoms with E-state index >= 15 is 0 Å². The molecular weight excluding hydrogens is 302 g/mol. The number of nitrogens with zero attached hydrogens (tertiary/aromatic N) is 3. The smallest absolute Gasteiger partial charge is 0.325 e. The van der Waals surface area contributed by atoms with Crippen molar-refractivity contribution in [3.8, 4) is 0 Å². The average Bonchev–Trinajstić information content (AvgIpc) is 2.63. The molecular formula is C11H19N3O6S. The predicted octanol–water partition coefficient (Wildman–Crippen LogP) is -1.44. The number of sulfonamides is 1. The molecule has 0 aliphatic carbocycles. The van der Waals surface area contributed by atoms with Crippen molar-refractivity contribution in [2.45, 2.75) is 25.3 Å². The fourth-order valence-corrected chi connectivity index (χ4v) is 3.84. The van der Waals surface area contributed by atoms with Crippen molar-refractivity contribution in [3.05, 3.63) is 11.4 Å². The lowest BCUT2D eigenvalue weighted by Crippen LogP contribution is -2.36. The maximum atomic E-state index is 12.6. The summed E-state index contributed by atoms with van der Waals surface area (Å²) >= 11 is 0. The Balaban J connectivity index is 3.30. The molecule has 0 saturated carbocycles. The molecule has 0 aromatic carbocycles. The van der Waals surface area contributed by atoms with Crippen molar-refractivity contribution in [2.75, 3.05) is 26.3 Å². The van der Waals surface area contributed by atoms with Gasteiger partial charge in [-0.15, -0.1) is 0 Å². The summed E-state index contributed by atoms with van der Waals surface area (Å²) in [6, 6.07) is 0. The number of carboxylic acid groups (broad SMARTS) is 1. The van der Waals surface area contributed by atoms with Gasteiger partial charge >= 0.3 is 5.97 Å².